The van der Waals surface area contributed by atoms with E-state index in [1.165, 1.54) is 103 Å². The van der Waals surface area contributed by atoms with Crippen LogP contribution in [0.15, 0.2) is 72.9 Å². The number of allylic oxidation sites excluding steroid dienone is 12. The fourth-order valence-electron chi connectivity index (χ4n) is 6.10. The van der Waals surface area contributed by atoms with Crippen LogP contribution in [0.1, 0.15) is 206 Å². The van der Waals surface area contributed by atoms with Gasteiger partial charge in [-0.15, -0.1) is 0 Å². The number of carbonyl (C=O) groups excluding carboxylic acids is 2. The fourth-order valence-corrected chi connectivity index (χ4v) is 6.10. The SMILES string of the molecule is CCC=CCC=CCC=CCC=CCC=CCCCCCC(=O)OC(CO)COC(=O)CCCCCCCCCCCCCC=CCCCCCCCC. The van der Waals surface area contributed by atoms with Crippen LogP contribution in [0.5, 0.6) is 0 Å². The zero-order valence-electron chi connectivity index (χ0n) is 35.2. The van der Waals surface area contributed by atoms with Gasteiger partial charge in [-0.25, -0.2) is 0 Å². The first-order valence-corrected chi connectivity index (χ1v) is 22.5. The Morgan fingerprint density at radius 1 is 0.444 bits per heavy atom. The molecule has 0 heterocycles. The first kappa shape index (κ1) is 51.3. The molecule has 0 aliphatic rings. The summed E-state index contributed by atoms with van der Waals surface area (Å²) < 4.78 is 10.6. The predicted molar refractivity (Wildman–Crippen MR) is 233 cm³/mol. The third-order valence-electron chi connectivity index (χ3n) is 9.48. The van der Waals surface area contributed by atoms with Crippen LogP contribution in [0.4, 0.5) is 0 Å². The highest BCUT2D eigenvalue weighted by Gasteiger charge is 2.16. The maximum absolute atomic E-state index is 12.2. The Morgan fingerprint density at radius 2 is 0.796 bits per heavy atom. The molecule has 1 unspecified atom stereocenters. The smallest absolute Gasteiger partial charge is 0.306 e. The van der Waals surface area contributed by atoms with E-state index < -0.39 is 6.10 Å². The molecule has 1 N–H and O–H groups in total. The number of esters is 2. The van der Waals surface area contributed by atoms with E-state index in [1.54, 1.807) is 0 Å². The van der Waals surface area contributed by atoms with Crippen molar-refractivity contribution in [2.75, 3.05) is 13.2 Å². The molecule has 0 radical (unpaired) electrons. The largest absolute Gasteiger partial charge is 0.462 e. The van der Waals surface area contributed by atoms with Gasteiger partial charge < -0.3 is 14.6 Å². The molecular weight excluding hydrogens is 669 g/mol. The average molecular weight is 753 g/mol. The lowest BCUT2D eigenvalue weighted by Crippen LogP contribution is -2.28. The Kier molecular flexibility index (Phi) is 42.5. The number of hydrogen-bond acceptors (Lipinski definition) is 5. The van der Waals surface area contributed by atoms with Gasteiger partial charge in [0.1, 0.15) is 6.61 Å². The van der Waals surface area contributed by atoms with Crippen LogP contribution in [0.2, 0.25) is 0 Å². The van der Waals surface area contributed by atoms with Gasteiger partial charge in [-0.3, -0.25) is 9.59 Å². The van der Waals surface area contributed by atoms with Gasteiger partial charge in [0, 0.05) is 12.8 Å². The predicted octanol–water partition coefficient (Wildman–Crippen LogP) is 14.5. The van der Waals surface area contributed by atoms with E-state index in [-0.39, 0.29) is 25.2 Å². The molecule has 0 aliphatic heterocycles. The van der Waals surface area contributed by atoms with Gasteiger partial charge in [0.15, 0.2) is 6.10 Å². The summed E-state index contributed by atoms with van der Waals surface area (Å²) in [4.78, 5) is 24.4. The highest BCUT2D eigenvalue weighted by molar-refractivity contribution is 5.70. The zero-order valence-corrected chi connectivity index (χ0v) is 35.2. The average Bonchev–Trinajstić information content (AvgIpc) is 3.17. The zero-order chi connectivity index (χ0) is 39.3. The second-order valence-corrected chi connectivity index (χ2v) is 14.7. The van der Waals surface area contributed by atoms with E-state index in [0.717, 1.165) is 77.0 Å². The van der Waals surface area contributed by atoms with Crippen molar-refractivity contribution in [3.05, 3.63) is 72.9 Å². The molecule has 5 nitrogen and oxygen atoms in total. The number of ether oxygens (including phenoxy) is 2. The molecule has 54 heavy (non-hydrogen) atoms. The monoisotopic (exact) mass is 753 g/mol. The summed E-state index contributed by atoms with van der Waals surface area (Å²) >= 11 is 0. The first-order valence-electron chi connectivity index (χ1n) is 22.5. The molecule has 310 valence electrons. The lowest BCUT2D eigenvalue weighted by Gasteiger charge is -2.15. The van der Waals surface area contributed by atoms with Gasteiger partial charge in [0.2, 0.25) is 0 Å². The number of unbranched alkanes of at least 4 members (excludes halogenated alkanes) is 20. The van der Waals surface area contributed by atoms with E-state index in [1.807, 2.05) is 0 Å². The number of rotatable bonds is 40. The Morgan fingerprint density at radius 3 is 1.24 bits per heavy atom. The van der Waals surface area contributed by atoms with Crippen molar-refractivity contribution in [1.82, 2.24) is 0 Å². The molecular formula is C49H84O5. The standard InChI is InChI=1S/C49H84O5/c1-3-5-7-9-11-13-15-17-19-21-23-24-26-27-29-31-33-35-37-39-41-43-48(51)53-46-47(45-50)54-49(52)44-42-40-38-36-34-32-30-28-25-22-20-18-16-14-12-10-8-6-4-2/h6,8,12,14,17-20,25,28,32,34,47,50H,3-5,7,9-11,13,15-16,21-24,26-27,29-31,33,35-46H2,1-2H3. The van der Waals surface area contributed by atoms with Crippen molar-refractivity contribution in [3.8, 4) is 0 Å². The lowest BCUT2D eigenvalue weighted by atomic mass is 10.0. The van der Waals surface area contributed by atoms with Gasteiger partial charge in [0.05, 0.1) is 6.61 Å². The number of hydrogen-bond donors (Lipinski definition) is 1. The lowest BCUT2D eigenvalue weighted by molar-refractivity contribution is -0.161. The minimum atomic E-state index is -0.792. The normalized spacial score (nSPS) is 12.9. The third-order valence-corrected chi connectivity index (χ3v) is 9.48. The highest BCUT2D eigenvalue weighted by atomic mass is 16.6. The molecule has 1 atom stereocenters. The minimum Gasteiger partial charge on any atom is -0.462 e. The Bertz CT molecular complexity index is 988. The van der Waals surface area contributed by atoms with Gasteiger partial charge in [0.25, 0.3) is 0 Å². The van der Waals surface area contributed by atoms with Crippen LogP contribution < -0.4 is 0 Å². The van der Waals surface area contributed by atoms with Crippen LogP contribution in [0.25, 0.3) is 0 Å². The first-order chi connectivity index (χ1) is 26.6. The van der Waals surface area contributed by atoms with E-state index in [0.29, 0.717) is 12.8 Å². The number of aliphatic hydroxyl groups is 1. The summed E-state index contributed by atoms with van der Waals surface area (Å²) in [7, 11) is 0. The molecule has 0 bridgehead atoms. The Hall–Kier alpha value is -2.66. The highest BCUT2D eigenvalue weighted by Crippen LogP contribution is 2.14. The van der Waals surface area contributed by atoms with Crippen LogP contribution in [-0.2, 0) is 19.1 Å². The summed E-state index contributed by atoms with van der Waals surface area (Å²) in [6.07, 6.45) is 59.7. The van der Waals surface area contributed by atoms with Gasteiger partial charge in [-0.1, -0.05) is 183 Å². The van der Waals surface area contributed by atoms with E-state index >= 15 is 0 Å². The summed E-state index contributed by atoms with van der Waals surface area (Å²) in [5, 5.41) is 9.59. The Balaban J connectivity index is 3.59. The quantitative estimate of drug-likeness (QED) is 0.0383. The molecule has 0 spiro atoms. The number of aliphatic hydroxyl groups excluding tert-OH is 1. The fraction of sp³-hybridized carbons (Fsp3) is 0.714. The van der Waals surface area contributed by atoms with E-state index in [2.05, 4.69) is 86.8 Å². The van der Waals surface area contributed by atoms with Crippen molar-refractivity contribution in [1.29, 1.82) is 0 Å². The van der Waals surface area contributed by atoms with Crippen LogP contribution in [0, 0.1) is 0 Å². The van der Waals surface area contributed by atoms with Crippen molar-refractivity contribution >= 4 is 11.9 Å². The third kappa shape index (κ3) is 42.1. The van der Waals surface area contributed by atoms with E-state index in [4.69, 9.17) is 9.47 Å². The minimum absolute atomic E-state index is 0.0822. The van der Waals surface area contributed by atoms with Crippen molar-refractivity contribution < 1.29 is 24.2 Å². The topological polar surface area (TPSA) is 72.8 Å². The van der Waals surface area contributed by atoms with Gasteiger partial charge in [-0.05, 0) is 83.5 Å². The van der Waals surface area contributed by atoms with Crippen molar-refractivity contribution in [2.45, 2.75) is 213 Å². The Labute approximate surface area is 333 Å². The maximum atomic E-state index is 12.2. The molecule has 0 aliphatic carbocycles. The molecule has 0 aromatic carbocycles. The van der Waals surface area contributed by atoms with Crippen molar-refractivity contribution in [3.63, 3.8) is 0 Å². The summed E-state index contributed by atoms with van der Waals surface area (Å²) in [5.41, 5.74) is 0. The summed E-state index contributed by atoms with van der Waals surface area (Å²) in [6, 6.07) is 0. The van der Waals surface area contributed by atoms with Crippen molar-refractivity contribution in [2.24, 2.45) is 0 Å². The second-order valence-electron chi connectivity index (χ2n) is 14.7. The molecule has 5 heteroatoms. The van der Waals surface area contributed by atoms with Gasteiger partial charge in [-0.2, -0.15) is 0 Å². The van der Waals surface area contributed by atoms with Gasteiger partial charge >= 0.3 is 11.9 Å². The molecule has 0 fully saturated rings. The molecule has 0 aromatic heterocycles. The maximum Gasteiger partial charge on any atom is 0.306 e. The van der Waals surface area contributed by atoms with Crippen LogP contribution >= 0.6 is 0 Å². The summed E-state index contributed by atoms with van der Waals surface area (Å²) in [5.74, 6) is -0.630. The molecule has 0 rings (SSSR count). The summed E-state index contributed by atoms with van der Waals surface area (Å²) in [6.45, 7) is 4.00. The molecule has 0 saturated heterocycles. The van der Waals surface area contributed by atoms with Crippen LogP contribution in [0.3, 0.4) is 0 Å². The molecule has 0 aromatic rings. The number of carbonyl (C=O) groups is 2. The molecule has 0 amide bonds. The molecule has 0 saturated carbocycles. The second kappa shape index (κ2) is 44.7. The van der Waals surface area contributed by atoms with E-state index in [9.17, 15) is 14.7 Å². The van der Waals surface area contributed by atoms with Crippen LogP contribution in [-0.4, -0.2) is 36.4 Å².